The van der Waals surface area contributed by atoms with Gasteiger partial charge >= 0.3 is 5.97 Å². The van der Waals surface area contributed by atoms with E-state index in [9.17, 15) is 9.59 Å². The van der Waals surface area contributed by atoms with Crippen LogP contribution < -0.4 is 0 Å². The van der Waals surface area contributed by atoms with E-state index in [0.717, 1.165) is 38.8 Å². The van der Waals surface area contributed by atoms with Gasteiger partial charge in [0.15, 0.2) is 0 Å². The fourth-order valence-electron chi connectivity index (χ4n) is 5.00. The van der Waals surface area contributed by atoms with Crippen molar-refractivity contribution in [2.45, 2.75) is 51.9 Å². The zero-order chi connectivity index (χ0) is 17.6. The van der Waals surface area contributed by atoms with Crippen LogP contribution in [0.1, 0.15) is 54.7 Å². The number of cyclic esters (lactones) is 1. The number of piperidine rings is 1. The Kier molecular flexibility index (Phi) is 4.09. The number of hydrogen-bond donors (Lipinski definition) is 0. The molecule has 4 rings (SSSR count). The van der Waals surface area contributed by atoms with Crippen LogP contribution in [0.15, 0.2) is 18.2 Å². The van der Waals surface area contributed by atoms with Crippen LogP contribution in [0.4, 0.5) is 0 Å². The Morgan fingerprint density at radius 3 is 2.32 bits per heavy atom. The number of likely N-dealkylation sites (tertiary alicyclic amines) is 1. The third kappa shape index (κ3) is 3.19. The number of benzene rings is 1. The molecule has 0 N–H and O–H groups in total. The van der Waals surface area contributed by atoms with E-state index in [1.54, 1.807) is 0 Å². The van der Waals surface area contributed by atoms with Gasteiger partial charge in [0.25, 0.3) is 0 Å². The second-order valence-electron chi connectivity index (χ2n) is 8.46. The number of rotatable bonds is 2. The Morgan fingerprint density at radius 2 is 1.76 bits per heavy atom. The maximum absolute atomic E-state index is 12.8. The molecule has 1 saturated carbocycles. The molecule has 0 unspecified atom stereocenters. The average molecular weight is 341 g/mol. The van der Waals surface area contributed by atoms with Crippen molar-refractivity contribution in [3.63, 3.8) is 0 Å². The van der Waals surface area contributed by atoms with Gasteiger partial charge in [0.05, 0.1) is 13.0 Å². The Morgan fingerprint density at radius 1 is 1.12 bits per heavy atom. The number of nitrogens with zero attached hydrogens (tertiary/aromatic N) is 1. The smallest absolute Gasteiger partial charge is 0.306 e. The summed E-state index contributed by atoms with van der Waals surface area (Å²) < 4.78 is 5.10. The summed E-state index contributed by atoms with van der Waals surface area (Å²) in [6.45, 7) is 6.54. The highest BCUT2D eigenvalue weighted by molar-refractivity contribution is 5.81. The van der Waals surface area contributed by atoms with E-state index in [1.807, 2.05) is 4.90 Å². The third-order valence-electron chi connectivity index (χ3n) is 6.29. The van der Waals surface area contributed by atoms with Gasteiger partial charge in [-0.3, -0.25) is 9.59 Å². The Labute approximate surface area is 149 Å². The first kappa shape index (κ1) is 16.6. The lowest BCUT2D eigenvalue weighted by molar-refractivity contribution is -0.144. The zero-order valence-corrected chi connectivity index (χ0v) is 15.2. The number of carbonyl (C=O) groups is 2. The summed E-state index contributed by atoms with van der Waals surface area (Å²) in [7, 11) is 0. The monoisotopic (exact) mass is 341 g/mol. The molecule has 0 aromatic heterocycles. The minimum Gasteiger partial charge on any atom is -0.465 e. The molecule has 1 aliphatic carbocycles. The molecule has 4 heteroatoms. The molecule has 3 aliphatic rings. The van der Waals surface area contributed by atoms with Gasteiger partial charge in [-0.2, -0.15) is 0 Å². The predicted octanol–water partition coefficient (Wildman–Crippen LogP) is 3.35. The van der Waals surface area contributed by atoms with E-state index in [-0.39, 0.29) is 17.3 Å². The maximum atomic E-state index is 12.8. The van der Waals surface area contributed by atoms with Gasteiger partial charge in [0.2, 0.25) is 5.91 Å². The fourth-order valence-corrected chi connectivity index (χ4v) is 5.00. The molecule has 2 heterocycles. The summed E-state index contributed by atoms with van der Waals surface area (Å²) in [6, 6.07) is 6.80. The summed E-state index contributed by atoms with van der Waals surface area (Å²) in [5, 5.41) is 0. The van der Waals surface area contributed by atoms with E-state index in [2.05, 4.69) is 32.0 Å². The normalized spacial score (nSPS) is 29.6. The summed E-state index contributed by atoms with van der Waals surface area (Å²) >= 11 is 0. The van der Waals surface area contributed by atoms with Crippen molar-refractivity contribution < 1.29 is 14.3 Å². The second-order valence-corrected chi connectivity index (χ2v) is 8.46. The largest absolute Gasteiger partial charge is 0.465 e. The highest BCUT2D eigenvalue weighted by Crippen LogP contribution is 2.52. The number of aryl methyl sites for hydroxylation is 2. The lowest BCUT2D eigenvalue weighted by Crippen LogP contribution is -2.49. The van der Waals surface area contributed by atoms with Crippen LogP contribution in [0, 0.1) is 25.2 Å². The number of amides is 1. The number of carbonyl (C=O) groups excluding carboxylic acids is 2. The van der Waals surface area contributed by atoms with Gasteiger partial charge in [-0.1, -0.05) is 29.3 Å². The van der Waals surface area contributed by atoms with Gasteiger partial charge in [0.1, 0.15) is 0 Å². The van der Waals surface area contributed by atoms with Crippen LogP contribution in [-0.2, 0) is 14.3 Å². The molecule has 1 aromatic carbocycles. The predicted molar refractivity (Wildman–Crippen MR) is 95.2 cm³/mol. The summed E-state index contributed by atoms with van der Waals surface area (Å²) in [5.74, 6) is 0.868. The van der Waals surface area contributed by atoms with Gasteiger partial charge in [-0.25, -0.2) is 0 Å². The highest BCUT2D eigenvalue weighted by atomic mass is 16.5. The van der Waals surface area contributed by atoms with E-state index in [1.165, 1.54) is 16.7 Å². The molecule has 1 aromatic rings. The molecule has 3 fully saturated rings. The van der Waals surface area contributed by atoms with Crippen molar-refractivity contribution in [1.82, 2.24) is 4.90 Å². The van der Waals surface area contributed by atoms with Gasteiger partial charge < -0.3 is 9.64 Å². The van der Waals surface area contributed by atoms with Gasteiger partial charge in [0, 0.05) is 24.4 Å². The average Bonchev–Trinajstić information content (AvgIpc) is 2.94. The molecule has 134 valence electrons. The highest BCUT2D eigenvalue weighted by Gasteiger charge is 2.53. The first-order valence-electron chi connectivity index (χ1n) is 9.47. The Bertz CT molecular complexity index is 677. The van der Waals surface area contributed by atoms with E-state index in [0.29, 0.717) is 24.9 Å². The van der Waals surface area contributed by atoms with E-state index < -0.39 is 0 Å². The molecule has 1 amide bonds. The Balaban J connectivity index is 1.32. The van der Waals surface area contributed by atoms with Crippen LogP contribution in [-0.4, -0.2) is 36.5 Å². The zero-order valence-electron chi connectivity index (χ0n) is 15.2. The van der Waals surface area contributed by atoms with Crippen LogP contribution >= 0.6 is 0 Å². The van der Waals surface area contributed by atoms with Crippen molar-refractivity contribution in [2.24, 2.45) is 11.3 Å². The van der Waals surface area contributed by atoms with E-state index in [4.69, 9.17) is 4.74 Å². The molecule has 0 bridgehead atoms. The molecule has 0 radical (unpaired) electrons. The van der Waals surface area contributed by atoms with Crippen LogP contribution in [0.5, 0.6) is 0 Å². The summed E-state index contributed by atoms with van der Waals surface area (Å²) in [6.07, 6.45) is 4.26. The number of ether oxygens (including phenoxy) is 1. The molecular formula is C21H27NO3. The fraction of sp³-hybridized carbons (Fsp3) is 0.619. The third-order valence-corrected chi connectivity index (χ3v) is 6.29. The minimum absolute atomic E-state index is 0.0190. The van der Waals surface area contributed by atoms with Crippen LogP contribution in [0.25, 0.3) is 0 Å². The molecule has 0 atom stereocenters. The minimum atomic E-state index is -0.0971. The van der Waals surface area contributed by atoms with Crippen LogP contribution in [0.3, 0.4) is 0 Å². The molecular weight excluding hydrogens is 314 g/mol. The van der Waals surface area contributed by atoms with Gasteiger partial charge in [-0.05, 0) is 51.0 Å². The number of hydrogen-bond acceptors (Lipinski definition) is 3. The van der Waals surface area contributed by atoms with Crippen molar-refractivity contribution in [3.05, 3.63) is 34.9 Å². The first-order valence-corrected chi connectivity index (χ1v) is 9.47. The first-order chi connectivity index (χ1) is 11.9. The molecule has 2 aliphatic heterocycles. The molecule has 2 saturated heterocycles. The number of esters is 1. The summed E-state index contributed by atoms with van der Waals surface area (Å²) in [5.41, 5.74) is 4.05. The van der Waals surface area contributed by atoms with Crippen molar-refractivity contribution >= 4 is 11.9 Å². The standard InChI is InChI=1S/C21H27NO3/c1-14-7-15(2)9-17(8-14)16-3-5-22(6-4-16)20(24)18-10-21(11-18)12-19(23)25-13-21/h7-9,16,18H,3-6,10-13H2,1-2H3. The van der Waals surface area contributed by atoms with Crippen molar-refractivity contribution in [3.8, 4) is 0 Å². The lowest BCUT2D eigenvalue weighted by atomic mass is 9.61. The molecule has 1 spiro atoms. The van der Waals surface area contributed by atoms with E-state index >= 15 is 0 Å². The van der Waals surface area contributed by atoms with Gasteiger partial charge in [-0.15, -0.1) is 0 Å². The maximum Gasteiger partial charge on any atom is 0.306 e. The van der Waals surface area contributed by atoms with Crippen LogP contribution in [0.2, 0.25) is 0 Å². The van der Waals surface area contributed by atoms with Crippen molar-refractivity contribution in [1.29, 1.82) is 0 Å². The topological polar surface area (TPSA) is 46.6 Å². The SMILES string of the molecule is Cc1cc(C)cc(C2CCN(C(=O)C3CC4(COC(=O)C4)C3)CC2)c1. The Hall–Kier alpha value is -1.84. The molecule has 4 nitrogen and oxygen atoms in total. The quantitative estimate of drug-likeness (QED) is 0.775. The summed E-state index contributed by atoms with van der Waals surface area (Å²) in [4.78, 5) is 26.1. The molecule has 25 heavy (non-hydrogen) atoms. The van der Waals surface area contributed by atoms with Crippen molar-refractivity contribution in [2.75, 3.05) is 19.7 Å². The second kappa shape index (κ2) is 6.15. The lowest BCUT2D eigenvalue weighted by Gasteiger charge is -2.45.